The Morgan fingerprint density at radius 1 is 1.33 bits per heavy atom. The second kappa shape index (κ2) is 6.10. The van der Waals surface area contributed by atoms with E-state index in [1.54, 1.807) is 0 Å². The third-order valence-corrected chi connectivity index (χ3v) is 2.38. The van der Waals surface area contributed by atoms with Gasteiger partial charge in [-0.05, 0) is 22.0 Å². The number of carboxylic acids is 2. The molecule has 0 saturated heterocycles. The summed E-state index contributed by atoms with van der Waals surface area (Å²) >= 11 is 3.11. The molecule has 1 rings (SSSR count). The zero-order chi connectivity index (χ0) is 13.7. The number of rotatable bonds is 5. The molecule has 1 unspecified atom stereocenters. The Hall–Kier alpha value is -1.96. The smallest absolute Gasteiger partial charge is 0.326 e. The first kappa shape index (κ1) is 14.1. The molecule has 8 heteroatoms. The van der Waals surface area contributed by atoms with Gasteiger partial charge in [0.2, 0.25) is 0 Å². The van der Waals surface area contributed by atoms with Crippen LogP contribution in [0.5, 0.6) is 0 Å². The first-order valence-electron chi connectivity index (χ1n) is 4.76. The molecule has 1 aromatic heterocycles. The van der Waals surface area contributed by atoms with Gasteiger partial charge in [-0.2, -0.15) is 0 Å². The molecule has 0 radical (unpaired) electrons. The van der Waals surface area contributed by atoms with E-state index in [1.165, 1.54) is 18.5 Å². The first-order valence-corrected chi connectivity index (χ1v) is 5.55. The fourth-order valence-electron chi connectivity index (χ4n) is 1.15. The second-order valence-electron chi connectivity index (χ2n) is 3.35. The van der Waals surface area contributed by atoms with Crippen LogP contribution in [0.15, 0.2) is 22.9 Å². The van der Waals surface area contributed by atoms with E-state index < -0.39 is 30.3 Å². The van der Waals surface area contributed by atoms with Crippen LogP contribution in [0.3, 0.4) is 0 Å². The number of carboxylic acid groups (broad SMARTS) is 2. The summed E-state index contributed by atoms with van der Waals surface area (Å²) in [6, 6.07) is -0.0314. The number of nitrogens with zero attached hydrogens (tertiary/aromatic N) is 1. The van der Waals surface area contributed by atoms with Gasteiger partial charge in [0.05, 0.1) is 12.0 Å². The zero-order valence-electron chi connectivity index (χ0n) is 8.96. The molecule has 96 valence electrons. The molecule has 0 fully saturated rings. The molecule has 0 aliphatic carbocycles. The molecule has 0 aromatic carbocycles. The predicted octanol–water partition coefficient (Wildman–Crippen LogP) is 0.502. The van der Waals surface area contributed by atoms with Crippen LogP contribution in [0.25, 0.3) is 0 Å². The summed E-state index contributed by atoms with van der Waals surface area (Å²) in [6.45, 7) is 0. The Morgan fingerprint density at radius 2 is 2.00 bits per heavy atom. The summed E-state index contributed by atoms with van der Waals surface area (Å²) in [6.07, 6.45) is 2.02. The topological polar surface area (TPSA) is 117 Å². The summed E-state index contributed by atoms with van der Waals surface area (Å²) in [5.41, 5.74) is 0.140. The lowest BCUT2D eigenvalue weighted by Gasteiger charge is -2.12. The SMILES string of the molecule is O=C(O)CC(NC(=O)c1cncc(Br)c1)C(=O)O. The lowest BCUT2D eigenvalue weighted by molar-refractivity contribution is -0.145. The van der Waals surface area contributed by atoms with Crippen molar-refractivity contribution in [2.45, 2.75) is 12.5 Å². The highest BCUT2D eigenvalue weighted by atomic mass is 79.9. The minimum absolute atomic E-state index is 0.140. The van der Waals surface area contributed by atoms with Gasteiger partial charge in [0.25, 0.3) is 5.91 Å². The fourth-order valence-corrected chi connectivity index (χ4v) is 1.52. The zero-order valence-corrected chi connectivity index (χ0v) is 10.5. The maximum atomic E-state index is 11.7. The summed E-state index contributed by atoms with van der Waals surface area (Å²) in [5.74, 6) is -3.42. The van der Waals surface area contributed by atoms with Crippen LogP contribution in [0.1, 0.15) is 16.8 Å². The normalized spacial score (nSPS) is 11.6. The van der Waals surface area contributed by atoms with Crippen molar-refractivity contribution in [3.63, 3.8) is 0 Å². The highest BCUT2D eigenvalue weighted by Crippen LogP contribution is 2.09. The van der Waals surface area contributed by atoms with Crippen molar-refractivity contribution in [1.82, 2.24) is 10.3 Å². The number of carbonyl (C=O) groups is 3. The highest BCUT2D eigenvalue weighted by molar-refractivity contribution is 9.10. The second-order valence-corrected chi connectivity index (χ2v) is 4.27. The van der Waals surface area contributed by atoms with Crippen LogP contribution >= 0.6 is 15.9 Å². The van der Waals surface area contributed by atoms with Gasteiger partial charge in [0, 0.05) is 16.9 Å². The standard InChI is InChI=1S/C10H9BrN2O5/c11-6-1-5(3-12-4-6)9(16)13-7(10(17)18)2-8(14)15/h1,3-4,7H,2H2,(H,13,16)(H,14,15)(H,17,18). The average Bonchev–Trinajstić information content (AvgIpc) is 2.27. The van der Waals surface area contributed by atoms with E-state index in [4.69, 9.17) is 10.2 Å². The molecule has 1 heterocycles. The Labute approximate surface area is 110 Å². The highest BCUT2D eigenvalue weighted by Gasteiger charge is 2.23. The van der Waals surface area contributed by atoms with E-state index in [1.807, 2.05) is 0 Å². The summed E-state index contributed by atoms with van der Waals surface area (Å²) in [7, 11) is 0. The number of nitrogens with one attached hydrogen (secondary N) is 1. The van der Waals surface area contributed by atoms with Crippen LogP contribution in [0.2, 0.25) is 0 Å². The monoisotopic (exact) mass is 316 g/mol. The van der Waals surface area contributed by atoms with Crippen LogP contribution in [0, 0.1) is 0 Å². The van der Waals surface area contributed by atoms with Gasteiger partial charge in [0.15, 0.2) is 0 Å². The fraction of sp³-hybridized carbons (Fsp3) is 0.200. The third kappa shape index (κ3) is 4.13. The number of carbonyl (C=O) groups excluding carboxylic acids is 1. The van der Waals surface area contributed by atoms with E-state index in [0.717, 1.165) is 0 Å². The van der Waals surface area contributed by atoms with E-state index in [0.29, 0.717) is 4.47 Å². The van der Waals surface area contributed by atoms with Gasteiger partial charge in [-0.25, -0.2) is 4.79 Å². The minimum Gasteiger partial charge on any atom is -0.481 e. The molecule has 0 bridgehead atoms. The minimum atomic E-state index is -1.48. The summed E-state index contributed by atoms with van der Waals surface area (Å²) < 4.78 is 0.556. The Bertz CT molecular complexity index is 491. The van der Waals surface area contributed by atoms with E-state index in [-0.39, 0.29) is 5.56 Å². The van der Waals surface area contributed by atoms with Crippen molar-refractivity contribution in [3.8, 4) is 0 Å². The molecule has 7 nitrogen and oxygen atoms in total. The van der Waals surface area contributed by atoms with Gasteiger partial charge < -0.3 is 15.5 Å². The van der Waals surface area contributed by atoms with Crippen molar-refractivity contribution in [1.29, 1.82) is 0 Å². The van der Waals surface area contributed by atoms with Gasteiger partial charge in [-0.3, -0.25) is 14.6 Å². The molecule has 0 spiro atoms. The van der Waals surface area contributed by atoms with E-state index in [2.05, 4.69) is 26.2 Å². The van der Waals surface area contributed by atoms with Gasteiger partial charge in [-0.1, -0.05) is 0 Å². The number of amides is 1. The molecule has 1 atom stereocenters. The van der Waals surface area contributed by atoms with Crippen LogP contribution < -0.4 is 5.32 Å². The van der Waals surface area contributed by atoms with Crippen molar-refractivity contribution in [3.05, 3.63) is 28.5 Å². The van der Waals surface area contributed by atoms with E-state index >= 15 is 0 Å². The molecular formula is C10H9BrN2O5. The van der Waals surface area contributed by atoms with Crippen molar-refractivity contribution >= 4 is 33.8 Å². The molecule has 1 aromatic rings. The maximum absolute atomic E-state index is 11.7. The van der Waals surface area contributed by atoms with Crippen molar-refractivity contribution in [2.24, 2.45) is 0 Å². The van der Waals surface area contributed by atoms with Crippen LogP contribution in [-0.4, -0.2) is 39.1 Å². The summed E-state index contributed by atoms with van der Waals surface area (Å²) in [4.78, 5) is 36.6. The number of halogens is 1. The average molecular weight is 317 g/mol. The number of hydrogen-bond donors (Lipinski definition) is 3. The molecule has 18 heavy (non-hydrogen) atoms. The Morgan fingerprint density at radius 3 is 2.50 bits per heavy atom. The molecular weight excluding hydrogens is 308 g/mol. The number of hydrogen-bond acceptors (Lipinski definition) is 4. The molecule has 1 amide bonds. The van der Waals surface area contributed by atoms with Gasteiger partial charge in [-0.15, -0.1) is 0 Å². The van der Waals surface area contributed by atoms with Crippen LogP contribution in [-0.2, 0) is 9.59 Å². The number of aliphatic carboxylic acids is 2. The quantitative estimate of drug-likeness (QED) is 0.728. The lowest BCUT2D eigenvalue weighted by Crippen LogP contribution is -2.42. The molecule has 3 N–H and O–H groups in total. The van der Waals surface area contributed by atoms with Gasteiger partial charge >= 0.3 is 11.9 Å². The lowest BCUT2D eigenvalue weighted by atomic mass is 10.2. The maximum Gasteiger partial charge on any atom is 0.326 e. The number of aromatic nitrogens is 1. The van der Waals surface area contributed by atoms with Crippen molar-refractivity contribution in [2.75, 3.05) is 0 Å². The largest absolute Gasteiger partial charge is 0.481 e. The number of pyridine rings is 1. The van der Waals surface area contributed by atoms with Crippen molar-refractivity contribution < 1.29 is 24.6 Å². The molecule has 0 aliphatic rings. The van der Waals surface area contributed by atoms with Gasteiger partial charge in [0.1, 0.15) is 6.04 Å². The summed E-state index contributed by atoms with van der Waals surface area (Å²) in [5, 5.41) is 19.4. The van der Waals surface area contributed by atoms with Crippen LogP contribution in [0.4, 0.5) is 0 Å². The molecule has 0 saturated carbocycles. The Kier molecular flexibility index (Phi) is 4.78. The predicted molar refractivity (Wildman–Crippen MR) is 63.1 cm³/mol. The Balaban J connectivity index is 2.78. The van der Waals surface area contributed by atoms with E-state index in [9.17, 15) is 14.4 Å². The third-order valence-electron chi connectivity index (χ3n) is 1.95. The molecule has 0 aliphatic heterocycles. The first-order chi connectivity index (χ1) is 8.40.